The van der Waals surface area contributed by atoms with E-state index in [0.717, 1.165) is 5.92 Å². The Bertz CT molecular complexity index is 344. The van der Waals surface area contributed by atoms with Crippen LogP contribution >= 0.6 is 0 Å². The van der Waals surface area contributed by atoms with Crippen LogP contribution in [-0.2, 0) is 5.54 Å². The van der Waals surface area contributed by atoms with Gasteiger partial charge in [0, 0.05) is 32.4 Å². The molecule has 0 saturated heterocycles. The fourth-order valence-corrected chi connectivity index (χ4v) is 2.25. The van der Waals surface area contributed by atoms with Crippen molar-refractivity contribution in [3.8, 4) is 0 Å². The maximum Gasteiger partial charge on any atom is 0.169 e. The van der Waals surface area contributed by atoms with Gasteiger partial charge in [0.25, 0.3) is 0 Å². The lowest BCUT2D eigenvalue weighted by Gasteiger charge is -2.21. The highest BCUT2D eigenvalue weighted by Crippen LogP contribution is 2.18. The normalized spacial score (nSPS) is 12.6. The van der Waals surface area contributed by atoms with Crippen molar-refractivity contribution in [1.82, 2.24) is 0 Å². The van der Waals surface area contributed by atoms with Crippen LogP contribution in [0.1, 0.15) is 46.6 Å². The van der Waals surface area contributed by atoms with E-state index in [0.29, 0.717) is 0 Å². The van der Waals surface area contributed by atoms with E-state index in [1.54, 1.807) is 0 Å². The summed E-state index contributed by atoms with van der Waals surface area (Å²) < 4.78 is 2.31. The van der Waals surface area contributed by atoms with Crippen LogP contribution in [0.15, 0.2) is 30.6 Å². The average Bonchev–Trinajstić information content (AvgIpc) is 2.17. The molecule has 88 valence electrons. The molecule has 1 heterocycles. The fraction of sp³-hybridized carbons (Fsp3) is 0.533. The highest BCUT2D eigenvalue weighted by Gasteiger charge is 2.28. The van der Waals surface area contributed by atoms with Crippen LogP contribution in [0, 0.1) is 5.92 Å². The van der Waals surface area contributed by atoms with Crippen molar-refractivity contribution in [2.45, 2.75) is 46.6 Å². The molecule has 1 heteroatoms. The maximum atomic E-state index is 2.31. The molecule has 16 heavy (non-hydrogen) atoms. The van der Waals surface area contributed by atoms with Crippen LogP contribution in [0.2, 0.25) is 0 Å². The first-order valence-corrected chi connectivity index (χ1v) is 6.10. The van der Waals surface area contributed by atoms with Crippen LogP contribution < -0.4 is 4.57 Å². The summed E-state index contributed by atoms with van der Waals surface area (Å²) in [5.41, 5.74) is 1.46. The van der Waals surface area contributed by atoms with Gasteiger partial charge in [0.2, 0.25) is 0 Å². The van der Waals surface area contributed by atoms with E-state index in [1.807, 2.05) is 6.92 Å². The standard InChI is InChI=1S/C15H24N/c1-6-7-14-8-10-16(11-9-14)15(4,5)12-13(2)3/h6-11,13H,12H2,1-5H3/q+1/b7-6+. The van der Waals surface area contributed by atoms with Crippen molar-refractivity contribution in [1.29, 1.82) is 0 Å². The Labute approximate surface area is 99.8 Å². The number of rotatable bonds is 4. The molecule has 0 amide bonds. The molecule has 0 aliphatic rings. The fourth-order valence-electron chi connectivity index (χ4n) is 2.25. The summed E-state index contributed by atoms with van der Waals surface area (Å²) in [6.45, 7) is 11.2. The van der Waals surface area contributed by atoms with Crippen molar-refractivity contribution in [3.63, 3.8) is 0 Å². The quantitative estimate of drug-likeness (QED) is 0.677. The molecule has 0 N–H and O–H groups in total. The molecule has 0 spiro atoms. The molecule has 0 aromatic carbocycles. The maximum absolute atomic E-state index is 2.31. The molecule has 0 aliphatic carbocycles. The predicted octanol–water partition coefficient (Wildman–Crippen LogP) is 3.79. The smallest absolute Gasteiger partial charge is 0.169 e. The SMILES string of the molecule is C/C=C/c1cc[n+](C(C)(C)CC(C)C)cc1. The second-order valence-electron chi connectivity index (χ2n) is 5.45. The highest BCUT2D eigenvalue weighted by atomic mass is 15.0. The van der Waals surface area contributed by atoms with Crippen LogP contribution in [-0.4, -0.2) is 0 Å². The molecule has 1 aromatic heterocycles. The predicted molar refractivity (Wildman–Crippen MR) is 70.1 cm³/mol. The molecular weight excluding hydrogens is 194 g/mol. The Hall–Kier alpha value is -1.11. The second kappa shape index (κ2) is 5.29. The Balaban J connectivity index is 2.88. The third-order valence-corrected chi connectivity index (χ3v) is 2.82. The van der Waals surface area contributed by atoms with Gasteiger partial charge in [-0.3, -0.25) is 0 Å². The van der Waals surface area contributed by atoms with Gasteiger partial charge in [-0.05, 0) is 18.4 Å². The zero-order valence-corrected chi connectivity index (χ0v) is 11.2. The van der Waals surface area contributed by atoms with Gasteiger partial charge in [-0.1, -0.05) is 26.0 Å². The number of allylic oxidation sites excluding steroid dienone is 1. The Morgan fingerprint density at radius 2 is 1.81 bits per heavy atom. The van der Waals surface area contributed by atoms with Gasteiger partial charge < -0.3 is 0 Å². The minimum absolute atomic E-state index is 0.197. The van der Waals surface area contributed by atoms with E-state index in [4.69, 9.17) is 0 Å². The van der Waals surface area contributed by atoms with Crippen molar-refractivity contribution in [2.75, 3.05) is 0 Å². The topological polar surface area (TPSA) is 3.88 Å². The molecule has 0 saturated carbocycles. The molecule has 0 atom stereocenters. The van der Waals surface area contributed by atoms with Gasteiger partial charge in [0.05, 0.1) is 0 Å². The summed E-state index contributed by atoms with van der Waals surface area (Å²) in [5.74, 6) is 0.720. The van der Waals surface area contributed by atoms with Gasteiger partial charge in [0.1, 0.15) is 0 Å². The first-order valence-electron chi connectivity index (χ1n) is 6.10. The summed E-state index contributed by atoms with van der Waals surface area (Å²) in [4.78, 5) is 0. The van der Waals surface area contributed by atoms with Crippen molar-refractivity contribution in [2.24, 2.45) is 5.92 Å². The monoisotopic (exact) mass is 218 g/mol. The van der Waals surface area contributed by atoms with E-state index < -0.39 is 0 Å². The number of aromatic nitrogens is 1. The minimum Gasteiger partial charge on any atom is -0.200 e. The van der Waals surface area contributed by atoms with Crippen LogP contribution in [0.25, 0.3) is 6.08 Å². The van der Waals surface area contributed by atoms with Crippen LogP contribution in [0.4, 0.5) is 0 Å². The van der Waals surface area contributed by atoms with E-state index in [9.17, 15) is 0 Å². The lowest BCUT2D eigenvalue weighted by atomic mass is 9.92. The summed E-state index contributed by atoms with van der Waals surface area (Å²) in [6, 6.07) is 4.34. The molecular formula is C15H24N+. The Kier molecular flexibility index (Phi) is 4.28. The average molecular weight is 218 g/mol. The molecule has 0 bridgehead atoms. The van der Waals surface area contributed by atoms with E-state index in [-0.39, 0.29) is 5.54 Å². The van der Waals surface area contributed by atoms with Gasteiger partial charge >= 0.3 is 0 Å². The van der Waals surface area contributed by atoms with E-state index in [1.165, 1.54) is 12.0 Å². The largest absolute Gasteiger partial charge is 0.200 e. The van der Waals surface area contributed by atoms with Crippen molar-refractivity contribution < 1.29 is 4.57 Å². The van der Waals surface area contributed by atoms with Crippen LogP contribution in [0.3, 0.4) is 0 Å². The molecule has 1 rings (SSSR count). The third kappa shape index (κ3) is 3.48. The number of hydrogen-bond acceptors (Lipinski definition) is 0. The van der Waals surface area contributed by atoms with Gasteiger partial charge in [-0.2, -0.15) is 0 Å². The summed E-state index contributed by atoms with van der Waals surface area (Å²) in [6.07, 6.45) is 9.74. The first kappa shape index (κ1) is 13.0. The molecule has 0 radical (unpaired) electrons. The molecule has 1 nitrogen and oxygen atoms in total. The number of pyridine rings is 1. The second-order valence-corrected chi connectivity index (χ2v) is 5.45. The summed E-state index contributed by atoms with van der Waals surface area (Å²) in [5, 5.41) is 0. The summed E-state index contributed by atoms with van der Waals surface area (Å²) >= 11 is 0. The molecule has 0 fully saturated rings. The lowest BCUT2D eigenvalue weighted by molar-refractivity contribution is -0.759. The van der Waals surface area contributed by atoms with E-state index in [2.05, 4.69) is 68.9 Å². The Morgan fingerprint density at radius 3 is 2.25 bits per heavy atom. The molecule has 0 aliphatic heterocycles. The van der Waals surface area contributed by atoms with Crippen LogP contribution in [0.5, 0.6) is 0 Å². The number of nitrogens with zero attached hydrogens (tertiary/aromatic N) is 1. The lowest BCUT2D eigenvalue weighted by Crippen LogP contribution is -2.52. The third-order valence-electron chi connectivity index (χ3n) is 2.82. The summed E-state index contributed by atoms with van der Waals surface area (Å²) in [7, 11) is 0. The highest BCUT2D eigenvalue weighted by molar-refractivity contribution is 5.46. The minimum atomic E-state index is 0.197. The molecule has 0 unspecified atom stereocenters. The number of hydrogen-bond donors (Lipinski definition) is 0. The van der Waals surface area contributed by atoms with E-state index >= 15 is 0 Å². The Morgan fingerprint density at radius 1 is 1.25 bits per heavy atom. The zero-order chi connectivity index (χ0) is 12.2. The first-order chi connectivity index (χ1) is 7.45. The van der Waals surface area contributed by atoms with Gasteiger partial charge in [0.15, 0.2) is 17.9 Å². The van der Waals surface area contributed by atoms with Gasteiger partial charge in [-0.15, -0.1) is 0 Å². The van der Waals surface area contributed by atoms with Gasteiger partial charge in [-0.25, -0.2) is 4.57 Å². The van der Waals surface area contributed by atoms with Crippen molar-refractivity contribution in [3.05, 3.63) is 36.2 Å². The van der Waals surface area contributed by atoms with Crippen molar-refractivity contribution >= 4 is 6.08 Å². The zero-order valence-electron chi connectivity index (χ0n) is 11.2. The molecule has 1 aromatic rings.